The molecule has 0 aliphatic carbocycles. The van der Waals surface area contributed by atoms with E-state index in [1.54, 1.807) is 31.2 Å². The average molecular weight is 452 g/mol. The van der Waals surface area contributed by atoms with Crippen molar-refractivity contribution < 1.29 is 29.0 Å². The molecule has 0 aliphatic rings. The van der Waals surface area contributed by atoms with Gasteiger partial charge in [-0.1, -0.05) is 12.1 Å². The molecule has 2 aromatic carbocycles. The zero-order valence-electron chi connectivity index (χ0n) is 17.8. The van der Waals surface area contributed by atoms with Crippen LogP contribution >= 0.6 is 0 Å². The summed E-state index contributed by atoms with van der Waals surface area (Å²) in [6.07, 6.45) is 0.945. The fraction of sp³-hybridized carbons (Fsp3) is 0.174. The van der Waals surface area contributed by atoms with Gasteiger partial charge in [-0.25, -0.2) is 9.59 Å². The number of hydrogen-bond donors (Lipinski definition) is 5. The molecule has 0 aromatic heterocycles. The molecule has 2 rings (SSSR count). The lowest BCUT2D eigenvalue weighted by atomic mass is 10.0. The number of esters is 1. The van der Waals surface area contributed by atoms with Gasteiger partial charge in [-0.2, -0.15) is 0 Å². The van der Waals surface area contributed by atoms with E-state index in [2.05, 4.69) is 5.32 Å². The number of ether oxygens (including phenoxy) is 1. The molecular formula is C23H24N4O6. The second-order valence-corrected chi connectivity index (χ2v) is 7.14. The van der Waals surface area contributed by atoms with E-state index < -0.39 is 29.8 Å². The molecule has 0 bridgehead atoms. The van der Waals surface area contributed by atoms with Gasteiger partial charge < -0.3 is 26.6 Å². The van der Waals surface area contributed by atoms with Crippen molar-refractivity contribution >= 4 is 35.2 Å². The molecule has 10 heteroatoms. The third-order valence-electron chi connectivity index (χ3n) is 4.59. The number of hydrogen-bond acceptors (Lipinski definition) is 6. The van der Waals surface area contributed by atoms with Crippen LogP contribution in [0.2, 0.25) is 0 Å². The summed E-state index contributed by atoms with van der Waals surface area (Å²) in [5.41, 5.74) is 12.4. The Labute approximate surface area is 189 Å². The van der Waals surface area contributed by atoms with Crippen molar-refractivity contribution in [2.75, 3.05) is 0 Å². The molecule has 0 spiro atoms. The minimum absolute atomic E-state index is 0.0929. The highest BCUT2D eigenvalue weighted by Crippen LogP contribution is 2.17. The van der Waals surface area contributed by atoms with Crippen molar-refractivity contribution in [1.29, 1.82) is 5.41 Å². The number of primary amides is 1. The maximum absolute atomic E-state index is 12.3. The van der Waals surface area contributed by atoms with Crippen molar-refractivity contribution in [3.8, 4) is 5.75 Å². The molecule has 0 saturated carbocycles. The van der Waals surface area contributed by atoms with Crippen LogP contribution in [0.3, 0.4) is 0 Å². The molecular weight excluding hydrogens is 428 g/mol. The number of carboxylic acid groups (broad SMARTS) is 1. The number of allylic oxidation sites excluding steroid dienone is 1. The van der Waals surface area contributed by atoms with Gasteiger partial charge in [-0.3, -0.25) is 15.0 Å². The molecule has 0 aliphatic heterocycles. The number of carbonyl (C=O) groups excluding carboxylic acids is 3. The highest BCUT2D eigenvalue weighted by molar-refractivity contribution is 5.97. The summed E-state index contributed by atoms with van der Waals surface area (Å²) in [5.74, 6) is -2.95. The maximum Gasteiger partial charge on any atom is 0.343 e. The molecule has 172 valence electrons. The first kappa shape index (κ1) is 24.8. The minimum Gasteiger partial charge on any atom is -0.480 e. The first-order chi connectivity index (χ1) is 15.6. The highest BCUT2D eigenvalue weighted by atomic mass is 16.5. The zero-order chi connectivity index (χ0) is 24.5. The predicted octanol–water partition coefficient (Wildman–Crippen LogP) is 1.43. The number of amides is 2. The van der Waals surface area contributed by atoms with Gasteiger partial charge in [0.05, 0.1) is 5.56 Å². The van der Waals surface area contributed by atoms with Gasteiger partial charge in [-0.15, -0.1) is 0 Å². The van der Waals surface area contributed by atoms with Crippen LogP contribution < -0.4 is 21.5 Å². The topological polar surface area (TPSA) is 186 Å². The van der Waals surface area contributed by atoms with Gasteiger partial charge in [-0.05, 0) is 60.9 Å². The summed E-state index contributed by atoms with van der Waals surface area (Å²) in [6.45, 7) is 1.66. The Kier molecular flexibility index (Phi) is 8.44. The van der Waals surface area contributed by atoms with Crippen molar-refractivity contribution in [3.63, 3.8) is 0 Å². The van der Waals surface area contributed by atoms with Crippen molar-refractivity contribution in [2.45, 2.75) is 25.8 Å². The summed E-state index contributed by atoms with van der Waals surface area (Å²) in [7, 11) is 0. The van der Waals surface area contributed by atoms with Gasteiger partial charge in [0, 0.05) is 18.1 Å². The number of carbonyl (C=O) groups is 4. The Morgan fingerprint density at radius 2 is 1.55 bits per heavy atom. The van der Waals surface area contributed by atoms with Crippen molar-refractivity contribution in [3.05, 3.63) is 71.3 Å². The van der Waals surface area contributed by atoms with Gasteiger partial charge in [0.25, 0.3) is 0 Å². The number of benzene rings is 2. The lowest BCUT2D eigenvalue weighted by molar-refractivity contribution is -0.141. The summed E-state index contributed by atoms with van der Waals surface area (Å²) in [6, 6.07) is 11.3. The second-order valence-electron chi connectivity index (χ2n) is 7.14. The first-order valence-corrected chi connectivity index (χ1v) is 9.83. The monoisotopic (exact) mass is 452 g/mol. The highest BCUT2D eigenvalue weighted by Gasteiger charge is 2.19. The third kappa shape index (κ3) is 7.62. The van der Waals surface area contributed by atoms with Gasteiger partial charge in [0.2, 0.25) is 11.8 Å². The van der Waals surface area contributed by atoms with Crippen LogP contribution in [-0.4, -0.2) is 40.7 Å². The Balaban J connectivity index is 2.02. The Bertz CT molecular complexity index is 1090. The van der Waals surface area contributed by atoms with E-state index in [-0.39, 0.29) is 24.2 Å². The Morgan fingerprint density at radius 1 is 1.00 bits per heavy atom. The minimum atomic E-state index is -1.27. The van der Waals surface area contributed by atoms with Gasteiger partial charge in [0.15, 0.2) is 0 Å². The van der Waals surface area contributed by atoms with Crippen LogP contribution in [0.1, 0.15) is 41.3 Å². The van der Waals surface area contributed by atoms with Crippen molar-refractivity contribution in [2.24, 2.45) is 11.5 Å². The maximum atomic E-state index is 12.3. The molecule has 0 radical (unpaired) electrons. The quantitative estimate of drug-likeness (QED) is 0.119. The van der Waals surface area contributed by atoms with Crippen LogP contribution in [0.15, 0.2) is 54.6 Å². The molecule has 0 unspecified atom stereocenters. The number of nitrogens with one attached hydrogen (secondary N) is 2. The van der Waals surface area contributed by atoms with Crippen LogP contribution in [0, 0.1) is 5.41 Å². The lowest BCUT2D eigenvalue weighted by Gasteiger charge is -2.12. The predicted molar refractivity (Wildman–Crippen MR) is 121 cm³/mol. The molecule has 2 aromatic rings. The van der Waals surface area contributed by atoms with Crippen molar-refractivity contribution in [1.82, 2.24) is 5.32 Å². The van der Waals surface area contributed by atoms with Crippen LogP contribution in [-0.2, 0) is 14.4 Å². The van der Waals surface area contributed by atoms with Gasteiger partial charge >= 0.3 is 11.9 Å². The van der Waals surface area contributed by atoms with E-state index >= 15 is 0 Å². The van der Waals surface area contributed by atoms with E-state index in [1.807, 2.05) is 0 Å². The molecule has 0 fully saturated rings. The van der Waals surface area contributed by atoms with Crippen LogP contribution in [0.5, 0.6) is 5.75 Å². The fourth-order valence-corrected chi connectivity index (χ4v) is 2.78. The Morgan fingerprint density at radius 3 is 2.06 bits per heavy atom. The van der Waals surface area contributed by atoms with Gasteiger partial charge in [0.1, 0.15) is 17.6 Å². The molecule has 7 N–H and O–H groups in total. The molecule has 33 heavy (non-hydrogen) atoms. The molecule has 1 atom stereocenters. The fourth-order valence-electron chi connectivity index (χ4n) is 2.78. The van der Waals surface area contributed by atoms with E-state index in [9.17, 15) is 19.2 Å². The number of aliphatic carboxylic acids is 1. The zero-order valence-corrected chi connectivity index (χ0v) is 17.8. The molecule has 2 amide bonds. The largest absolute Gasteiger partial charge is 0.480 e. The second kappa shape index (κ2) is 11.2. The van der Waals surface area contributed by atoms with E-state index in [1.165, 1.54) is 30.3 Å². The van der Waals surface area contributed by atoms with Crippen LogP contribution in [0.25, 0.3) is 5.57 Å². The standard InChI is InChI=1S/C23H24N4O6/c1-13(12-20(29)27-18(22(30)31)10-11-19(24)28)14-2-4-16(5-3-14)23(32)33-17-8-6-15(7-9-17)21(25)26/h2-9,12,18H,10-11H2,1H3,(H2,24,28)(H3,25,26)(H,27,29)(H,30,31)/b13-12+/t18-/m0/s1. The molecule has 0 saturated heterocycles. The molecule has 0 heterocycles. The average Bonchev–Trinajstić information content (AvgIpc) is 2.76. The SMILES string of the molecule is C/C(=C\C(=O)N[C@@H](CCC(N)=O)C(=O)O)c1ccc(C(=O)Oc2ccc(C(=N)N)cc2)cc1. The number of nitrogens with two attached hydrogens (primary N) is 2. The molecule has 10 nitrogen and oxygen atoms in total. The van der Waals surface area contributed by atoms with Crippen LogP contribution in [0.4, 0.5) is 0 Å². The third-order valence-corrected chi connectivity index (χ3v) is 4.59. The normalized spacial score (nSPS) is 11.8. The van der Waals surface area contributed by atoms with E-state index in [0.717, 1.165) is 0 Å². The number of amidine groups is 1. The first-order valence-electron chi connectivity index (χ1n) is 9.83. The summed E-state index contributed by atoms with van der Waals surface area (Å²) < 4.78 is 5.29. The number of nitrogen functional groups attached to an aromatic ring is 1. The smallest absolute Gasteiger partial charge is 0.343 e. The van der Waals surface area contributed by atoms with E-state index in [0.29, 0.717) is 22.4 Å². The number of carboxylic acids is 1. The Hall–Kier alpha value is -4.47. The summed E-state index contributed by atoms with van der Waals surface area (Å²) >= 11 is 0. The number of rotatable bonds is 10. The van der Waals surface area contributed by atoms with E-state index in [4.69, 9.17) is 26.7 Å². The summed E-state index contributed by atoms with van der Waals surface area (Å²) in [5, 5.41) is 18.9. The summed E-state index contributed by atoms with van der Waals surface area (Å²) in [4.78, 5) is 46.6. The lowest BCUT2D eigenvalue weighted by Crippen LogP contribution is -2.40.